The smallest absolute Gasteiger partial charge is 0.116 e. The highest BCUT2D eigenvalue weighted by Crippen LogP contribution is 2.57. The van der Waals surface area contributed by atoms with Crippen molar-refractivity contribution in [3.8, 4) is 6.07 Å². The van der Waals surface area contributed by atoms with Crippen molar-refractivity contribution in [1.29, 1.82) is 5.26 Å². The molecule has 2 N–H and O–H groups in total. The van der Waals surface area contributed by atoms with Gasteiger partial charge in [-0.25, -0.2) is 0 Å². The number of aliphatic hydroxyl groups is 1. The monoisotopic (exact) mass is 301 g/mol. The van der Waals surface area contributed by atoms with E-state index < -0.39 is 5.60 Å². The molecular formula is C18H27N3O. The number of nitrogens with zero attached hydrogens (tertiary/aromatic N) is 2. The van der Waals surface area contributed by atoms with Gasteiger partial charge in [0.05, 0.1) is 11.7 Å². The van der Waals surface area contributed by atoms with E-state index in [1.54, 1.807) is 0 Å². The van der Waals surface area contributed by atoms with Gasteiger partial charge in [0.2, 0.25) is 0 Å². The maximum Gasteiger partial charge on any atom is 0.116 e. The van der Waals surface area contributed by atoms with E-state index >= 15 is 0 Å². The van der Waals surface area contributed by atoms with Gasteiger partial charge in [-0.2, -0.15) is 5.26 Å². The lowest BCUT2D eigenvalue weighted by Crippen LogP contribution is -2.64. The first-order valence-corrected chi connectivity index (χ1v) is 8.82. The Morgan fingerprint density at radius 3 is 2.68 bits per heavy atom. The van der Waals surface area contributed by atoms with E-state index in [1.807, 2.05) is 0 Å². The summed E-state index contributed by atoms with van der Waals surface area (Å²) in [4.78, 5) is 2.17. The summed E-state index contributed by atoms with van der Waals surface area (Å²) < 4.78 is 0. The van der Waals surface area contributed by atoms with Gasteiger partial charge in [0, 0.05) is 24.3 Å². The molecule has 0 aromatic carbocycles. The van der Waals surface area contributed by atoms with Crippen LogP contribution in [0.25, 0.3) is 0 Å². The fraction of sp³-hybridized carbons (Fsp3) is 0.833. The molecule has 4 bridgehead atoms. The molecule has 22 heavy (non-hydrogen) atoms. The minimum atomic E-state index is -0.415. The van der Waals surface area contributed by atoms with Gasteiger partial charge >= 0.3 is 0 Å². The molecule has 4 nitrogen and oxygen atoms in total. The standard InChI is InChI=1S/C18H27N3O/c1-13(21-4-2-3-16(21)10-19)11-20-17-6-14-5-15(7-17)9-18(22,8-14)12-17/h14-16,20,22H,1-9,11-12H2/t14?,15?,16-,17?,18?/m0/s1. The van der Waals surface area contributed by atoms with E-state index in [9.17, 15) is 10.4 Å². The molecule has 0 aromatic rings. The van der Waals surface area contributed by atoms with Crippen molar-refractivity contribution >= 4 is 0 Å². The first kappa shape index (κ1) is 14.5. The lowest BCUT2D eigenvalue weighted by atomic mass is 9.51. The number of hydrogen-bond donors (Lipinski definition) is 2. The highest BCUT2D eigenvalue weighted by atomic mass is 16.3. The summed E-state index contributed by atoms with van der Waals surface area (Å²) in [6.07, 6.45) is 8.71. The Balaban J connectivity index is 1.41. The maximum absolute atomic E-state index is 10.8. The Hall–Kier alpha value is -1.05. The van der Waals surface area contributed by atoms with Gasteiger partial charge < -0.3 is 15.3 Å². The van der Waals surface area contributed by atoms with Crippen LogP contribution in [0.1, 0.15) is 51.4 Å². The van der Waals surface area contributed by atoms with Gasteiger partial charge in [0.15, 0.2) is 0 Å². The fourth-order valence-corrected chi connectivity index (χ4v) is 6.09. The predicted molar refractivity (Wildman–Crippen MR) is 84.8 cm³/mol. The van der Waals surface area contributed by atoms with Crippen LogP contribution in [0.5, 0.6) is 0 Å². The summed E-state index contributed by atoms with van der Waals surface area (Å²) in [5.41, 5.74) is 0.747. The minimum Gasteiger partial charge on any atom is -0.390 e. The van der Waals surface area contributed by atoms with Crippen LogP contribution in [0.15, 0.2) is 12.3 Å². The van der Waals surface area contributed by atoms with Gasteiger partial charge in [-0.1, -0.05) is 6.58 Å². The fourth-order valence-electron chi connectivity index (χ4n) is 6.09. The number of nitriles is 1. The SMILES string of the molecule is C=C(CNC12CC3CC(CC(O)(C3)C1)C2)N1CCC[C@H]1C#N. The van der Waals surface area contributed by atoms with E-state index in [0.29, 0.717) is 11.8 Å². The van der Waals surface area contributed by atoms with Gasteiger partial charge in [-0.3, -0.25) is 0 Å². The molecular weight excluding hydrogens is 274 g/mol. The van der Waals surface area contributed by atoms with Gasteiger partial charge in [-0.05, 0) is 63.2 Å². The Bertz CT molecular complexity index is 509. The van der Waals surface area contributed by atoms with Crippen LogP contribution >= 0.6 is 0 Å². The first-order valence-electron chi connectivity index (χ1n) is 8.82. The first-order chi connectivity index (χ1) is 10.5. The van der Waals surface area contributed by atoms with E-state index in [2.05, 4.69) is 22.9 Å². The normalized spacial score (nSPS) is 46.0. The van der Waals surface area contributed by atoms with Crippen molar-refractivity contribution < 1.29 is 5.11 Å². The Morgan fingerprint density at radius 1 is 1.32 bits per heavy atom. The van der Waals surface area contributed by atoms with E-state index in [4.69, 9.17) is 0 Å². The summed E-state index contributed by atoms with van der Waals surface area (Å²) in [5.74, 6) is 1.40. The molecule has 0 spiro atoms. The third-order valence-corrected chi connectivity index (χ3v) is 6.51. The third-order valence-electron chi connectivity index (χ3n) is 6.51. The second-order valence-corrected chi connectivity index (χ2v) is 8.37. The molecule has 4 saturated carbocycles. The number of rotatable bonds is 4. The van der Waals surface area contributed by atoms with Crippen molar-refractivity contribution in [2.45, 2.75) is 68.5 Å². The van der Waals surface area contributed by atoms with Crippen LogP contribution in [0.3, 0.4) is 0 Å². The van der Waals surface area contributed by atoms with Crippen molar-refractivity contribution in [3.05, 3.63) is 12.3 Å². The van der Waals surface area contributed by atoms with Crippen molar-refractivity contribution in [1.82, 2.24) is 10.2 Å². The van der Waals surface area contributed by atoms with Gasteiger partial charge in [0.1, 0.15) is 6.04 Å². The van der Waals surface area contributed by atoms with Crippen molar-refractivity contribution in [2.75, 3.05) is 13.1 Å². The Morgan fingerprint density at radius 2 is 2.05 bits per heavy atom. The highest BCUT2D eigenvalue weighted by molar-refractivity contribution is 5.15. The zero-order valence-electron chi connectivity index (χ0n) is 13.4. The zero-order valence-corrected chi connectivity index (χ0v) is 13.4. The number of hydrogen-bond acceptors (Lipinski definition) is 4. The molecule has 3 atom stereocenters. The topological polar surface area (TPSA) is 59.3 Å². The average Bonchev–Trinajstić information content (AvgIpc) is 2.90. The number of likely N-dealkylation sites (tertiary alicyclic amines) is 1. The van der Waals surface area contributed by atoms with Crippen LogP contribution in [-0.4, -0.2) is 40.3 Å². The highest BCUT2D eigenvalue weighted by Gasteiger charge is 2.56. The second-order valence-electron chi connectivity index (χ2n) is 8.37. The molecule has 0 aromatic heterocycles. The summed E-state index contributed by atoms with van der Waals surface area (Å²) in [6.45, 7) is 5.94. The van der Waals surface area contributed by atoms with Crippen LogP contribution in [-0.2, 0) is 0 Å². The zero-order chi connectivity index (χ0) is 15.4. The lowest BCUT2D eigenvalue weighted by Gasteiger charge is -2.60. The van der Waals surface area contributed by atoms with Crippen LogP contribution in [0, 0.1) is 23.2 Å². The molecule has 0 amide bonds. The van der Waals surface area contributed by atoms with Gasteiger partial charge in [-0.15, -0.1) is 0 Å². The van der Waals surface area contributed by atoms with Crippen LogP contribution in [0.4, 0.5) is 0 Å². The van der Waals surface area contributed by atoms with Crippen LogP contribution in [0.2, 0.25) is 0 Å². The molecule has 1 saturated heterocycles. The molecule has 1 heterocycles. The minimum absolute atomic E-state index is 0.00912. The molecule has 2 unspecified atom stereocenters. The lowest BCUT2D eigenvalue weighted by molar-refractivity contribution is -0.141. The Labute approximate surface area is 133 Å². The molecule has 120 valence electrons. The third kappa shape index (κ3) is 2.35. The molecule has 5 fully saturated rings. The quantitative estimate of drug-likeness (QED) is 0.835. The molecule has 5 rings (SSSR count). The van der Waals surface area contributed by atoms with Crippen molar-refractivity contribution in [3.63, 3.8) is 0 Å². The maximum atomic E-state index is 10.8. The summed E-state index contributed by atoms with van der Waals surface area (Å²) in [7, 11) is 0. The summed E-state index contributed by atoms with van der Waals surface area (Å²) in [6, 6.07) is 2.40. The molecule has 5 aliphatic rings. The van der Waals surface area contributed by atoms with Crippen LogP contribution < -0.4 is 5.32 Å². The van der Waals surface area contributed by atoms with Crippen molar-refractivity contribution in [2.24, 2.45) is 11.8 Å². The van der Waals surface area contributed by atoms with E-state index in [1.165, 1.54) is 19.3 Å². The summed E-state index contributed by atoms with van der Waals surface area (Å²) in [5, 5.41) is 23.8. The number of nitrogens with one attached hydrogen (secondary N) is 1. The molecule has 4 aliphatic carbocycles. The molecule has 4 heteroatoms. The summed E-state index contributed by atoms with van der Waals surface area (Å²) >= 11 is 0. The van der Waals surface area contributed by atoms with E-state index in [-0.39, 0.29) is 11.6 Å². The molecule has 1 aliphatic heterocycles. The molecule has 0 radical (unpaired) electrons. The van der Waals surface area contributed by atoms with Gasteiger partial charge in [0.25, 0.3) is 0 Å². The second kappa shape index (κ2) is 4.97. The van der Waals surface area contributed by atoms with E-state index in [0.717, 1.165) is 50.9 Å². The Kier molecular flexibility index (Phi) is 3.29. The average molecular weight is 301 g/mol. The predicted octanol–water partition coefficient (Wildman–Crippen LogP) is 2.16. The largest absolute Gasteiger partial charge is 0.390 e.